The number of rotatable bonds is 3. The van der Waals surface area contributed by atoms with Crippen LogP contribution < -0.4 is 5.32 Å². The minimum atomic E-state index is -0.388. The van der Waals surface area contributed by atoms with E-state index in [9.17, 15) is 9.59 Å². The molecule has 7 heteroatoms. The van der Waals surface area contributed by atoms with Gasteiger partial charge < -0.3 is 10.2 Å². The number of hydrogen-bond acceptors (Lipinski definition) is 5. The van der Waals surface area contributed by atoms with E-state index in [1.54, 1.807) is 12.4 Å². The molecule has 2 bridgehead atoms. The van der Waals surface area contributed by atoms with E-state index < -0.39 is 0 Å². The Bertz CT molecular complexity index is 1080. The van der Waals surface area contributed by atoms with Crippen LogP contribution in [0.5, 0.6) is 0 Å². The van der Waals surface area contributed by atoms with Crippen molar-refractivity contribution in [3.05, 3.63) is 59.0 Å². The van der Waals surface area contributed by atoms with E-state index in [2.05, 4.69) is 15.3 Å². The lowest BCUT2D eigenvalue weighted by atomic mass is 9.73. The fourth-order valence-corrected chi connectivity index (χ4v) is 5.48. The van der Waals surface area contributed by atoms with Crippen LogP contribution in [0.3, 0.4) is 0 Å². The van der Waals surface area contributed by atoms with Crippen molar-refractivity contribution >= 4 is 33.2 Å². The average Bonchev–Trinajstić information content (AvgIpc) is 3.23. The summed E-state index contributed by atoms with van der Waals surface area (Å²) in [6, 6.07) is 7.85. The highest BCUT2D eigenvalue weighted by atomic mass is 32.1. The molecule has 0 aromatic carbocycles. The van der Waals surface area contributed by atoms with Gasteiger partial charge in [-0.15, -0.1) is 11.3 Å². The number of amides is 2. The number of aryl methyl sites for hydroxylation is 1. The quantitative estimate of drug-likeness (QED) is 0.722. The van der Waals surface area contributed by atoms with Crippen LogP contribution in [0.25, 0.3) is 10.1 Å². The second-order valence-electron chi connectivity index (χ2n) is 8.09. The highest BCUT2D eigenvalue weighted by Crippen LogP contribution is 2.39. The van der Waals surface area contributed by atoms with Gasteiger partial charge in [0.25, 0.3) is 11.8 Å². The summed E-state index contributed by atoms with van der Waals surface area (Å²) in [6.45, 7) is 2.44. The van der Waals surface area contributed by atoms with Gasteiger partial charge in [0.05, 0.1) is 15.8 Å². The van der Waals surface area contributed by atoms with Crippen molar-refractivity contribution in [2.24, 2.45) is 0 Å². The molecule has 148 valence electrons. The third-order valence-corrected chi connectivity index (χ3v) is 7.14. The maximum atomic E-state index is 13.1. The van der Waals surface area contributed by atoms with E-state index in [0.29, 0.717) is 17.8 Å². The summed E-state index contributed by atoms with van der Waals surface area (Å²) in [6.07, 6.45) is 6.91. The molecule has 3 aromatic heterocycles. The molecule has 1 N–H and O–H groups in total. The number of hydrogen-bond donors (Lipinski definition) is 1. The monoisotopic (exact) mass is 406 g/mol. The number of carbonyl (C=O) groups excluding carboxylic acids is 2. The highest BCUT2D eigenvalue weighted by Gasteiger charge is 2.47. The third kappa shape index (κ3) is 3.19. The molecule has 3 aromatic rings. The van der Waals surface area contributed by atoms with Crippen molar-refractivity contribution in [3.8, 4) is 0 Å². The average molecular weight is 407 g/mol. The van der Waals surface area contributed by atoms with Gasteiger partial charge in [0.15, 0.2) is 0 Å². The molecule has 29 heavy (non-hydrogen) atoms. The van der Waals surface area contributed by atoms with Crippen molar-refractivity contribution in [2.75, 3.05) is 6.54 Å². The Balaban J connectivity index is 1.39. The molecule has 1 aliphatic carbocycles. The second kappa shape index (κ2) is 6.91. The van der Waals surface area contributed by atoms with Crippen LogP contribution in [0.15, 0.2) is 42.0 Å². The van der Waals surface area contributed by atoms with E-state index in [1.165, 1.54) is 11.3 Å². The largest absolute Gasteiger partial charge is 0.343 e. The molecule has 3 fully saturated rings. The standard InChI is InChI=1S/C22H22N4O2S/c1-14-2-3-16(12-24-14)21(28)26-13-22(8-4-17(26)5-9-22)25-20(27)18-19-15(6-10-23-18)7-11-29-19/h2-3,6-7,10-12,17H,4-5,8-9,13H2,1H3,(H,25,27). The minimum absolute atomic E-state index is 0.000919. The Morgan fingerprint density at radius 1 is 1.17 bits per heavy atom. The summed E-state index contributed by atoms with van der Waals surface area (Å²) in [7, 11) is 0. The van der Waals surface area contributed by atoms with Gasteiger partial charge >= 0.3 is 0 Å². The van der Waals surface area contributed by atoms with E-state index >= 15 is 0 Å². The van der Waals surface area contributed by atoms with Crippen LogP contribution in [0, 0.1) is 6.92 Å². The Morgan fingerprint density at radius 3 is 2.76 bits per heavy atom. The molecule has 3 aliphatic rings. The fraction of sp³-hybridized carbons (Fsp3) is 0.364. The van der Waals surface area contributed by atoms with Crippen molar-refractivity contribution in [2.45, 2.75) is 44.2 Å². The zero-order valence-electron chi connectivity index (χ0n) is 16.2. The van der Waals surface area contributed by atoms with Crippen molar-refractivity contribution in [3.63, 3.8) is 0 Å². The Hall–Kier alpha value is -2.80. The summed E-state index contributed by atoms with van der Waals surface area (Å²) < 4.78 is 0.907. The number of fused-ring (bicyclic) bond motifs is 4. The van der Waals surface area contributed by atoms with Gasteiger partial charge in [0.1, 0.15) is 5.69 Å². The number of aromatic nitrogens is 2. The number of carbonyl (C=O) groups is 2. The first-order valence-corrected chi connectivity index (χ1v) is 10.8. The molecule has 6 rings (SSSR count). The van der Waals surface area contributed by atoms with Gasteiger partial charge in [-0.05, 0) is 67.6 Å². The summed E-state index contributed by atoms with van der Waals surface area (Å²) in [5, 5.41) is 6.27. The number of piperidine rings is 2. The predicted molar refractivity (Wildman–Crippen MR) is 112 cm³/mol. The lowest BCUT2D eigenvalue weighted by Crippen LogP contribution is -2.66. The minimum Gasteiger partial charge on any atom is -0.343 e. The highest BCUT2D eigenvalue weighted by molar-refractivity contribution is 7.17. The molecular weight excluding hydrogens is 384 g/mol. The van der Waals surface area contributed by atoms with Gasteiger partial charge in [-0.3, -0.25) is 14.6 Å². The molecule has 0 radical (unpaired) electrons. The lowest BCUT2D eigenvalue weighted by Gasteiger charge is -2.53. The molecule has 0 spiro atoms. The maximum Gasteiger partial charge on any atom is 0.271 e. The summed E-state index contributed by atoms with van der Waals surface area (Å²) in [4.78, 5) is 36.7. The molecule has 0 unspecified atom stereocenters. The molecule has 1 saturated carbocycles. The van der Waals surface area contributed by atoms with Crippen LogP contribution in [0.4, 0.5) is 0 Å². The van der Waals surface area contributed by atoms with E-state index in [1.807, 2.05) is 41.5 Å². The van der Waals surface area contributed by atoms with E-state index in [4.69, 9.17) is 0 Å². The Kier molecular flexibility index (Phi) is 4.35. The van der Waals surface area contributed by atoms with Crippen LogP contribution >= 0.6 is 11.3 Å². The number of thiophene rings is 1. The smallest absolute Gasteiger partial charge is 0.271 e. The first-order valence-electron chi connectivity index (χ1n) is 9.93. The van der Waals surface area contributed by atoms with Crippen molar-refractivity contribution in [1.82, 2.24) is 20.2 Å². The maximum absolute atomic E-state index is 13.1. The number of pyridine rings is 2. The fourth-order valence-electron chi connectivity index (χ4n) is 4.60. The van der Waals surface area contributed by atoms with Gasteiger partial charge in [-0.25, -0.2) is 4.98 Å². The lowest BCUT2D eigenvalue weighted by molar-refractivity contribution is 0.0116. The summed E-state index contributed by atoms with van der Waals surface area (Å²) >= 11 is 1.53. The normalized spacial score (nSPS) is 23.3. The predicted octanol–water partition coefficient (Wildman–Crippen LogP) is 3.57. The van der Waals surface area contributed by atoms with E-state index in [0.717, 1.165) is 41.5 Å². The Labute approximate surface area is 173 Å². The van der Waals surface area contributed by atoms with Crippen molar-refractivity contribution < 1.29 is 9.59 Å². The first-order chi connectivity index (χ1) is 14.0. The SMILES string of the molecule is Cc1ccc(C(=O)N2CC3(NC(=O)c4nccc5ccsc45)CCC2CC3)cn1. The van der Waals surface area contributed by atoms with E-state index in [-0.39, 0.29) is 23.4 Å². The molecule has 5 heterocycles. The zero-order valence-corrected chi connectivity index (χ0v) is 17.0. The molecular formula is C22H22N4O2S. The molecule has 0 atom stereocenters. The molecule has 2 saturated heterocycles. The van der Waals surface area contributed by atoms with Crippen LogP contribution in [-0.4, -0.2) is 44.8 Å². The summed E-state index contributed by atoms with van der Waals surface area (Å²) in [5.74, 6) is -0.151. The van der Waals surface area contributed by atoms with Crippen LogP contribution in [0.1, 0.15) is 52.2 Å². The number of nitrogens with one attached hydrogen (secondary N) is 1. The Morgan fingerprint density at radius 2 is 2.00 bits per heavy atom. The second-order valence-corrected chi connectivity index (χ2v) is 9.00. The first kappa shape index (κ1) is 18.2. The molecule has 2 aliphatic heterocycles. The van der Waals surface area contributed by atoms with Gasteiger partial charge in [0, 0.05) is 30.7 Å². The molecule has 6 nitrogen and oxygen atoms in total. The van der Waals surface area contributed by atoms with Gasteiger partial charge in [-0.2, -0.15) is 0 Å². The summed E-state index contributed by atoms with van der Waals surface area (Å²) in [5.41, 5.74) is 1.58. The number of nitrogens with zero attached hydrogens (tertiary/aromatic N) is 3. The van der Waals surface area contributed by atoms with Crippen LogP contribution in [-0.2, 0) is 0 Å². The van der Waals surface area contributed by atoms with Crippen molar-refractivity contribution in [1.29, 1.82) is 0 Å². The topological polar surface area (TPSA) is 75.2 Å². The van der Waals surface area contributed by atoms with Gasteiger partial charge in [-0.1, -0.05) is 0 Å². The zero-order chi connectivity index (χ0) is 20.0. The molecule has 2 amide bonds. The van der Waals surface area contributed by atoms with Crippen LogP contribution in [0.2, 0.25) is 0 Å². The van der Waals surface area contributed by atoms with Gasteiger partial charge in [0.2, 0.25) is 0 Å². The third-order valence-electron chi connectivity index (χ3n) is 6.21.